The van der Waals surface area contributed by atoms with Gasteiger partial charge in [-0.25, -0.2) is 0 Å². The van der Waals surface area contributed by atoms with Crippen LogP contribution in [0.5, 0.6) is 0 Å². The van der Waals surface area contributed by atoms with Gasteiger partial charge in [0.1, 0.15) is 5.54 Å². The molecule has 2 atom stereocenters. The summed E-state index contributed by atoms with van der Waals surface area (Å²) in [5.74, 6) is 0.870. The Labute approximate surface area is 118 Å². The van der Waals surface area contributed by atoms with Crippen molar-refractivity contribution in [3.05, 3.63) is 0 Å². The minimum atomic E-state index is -0.295. The molecule has 1 heterocycles. The Balaban J connectivity index is 1.61. The molecule has 0 spiro atoms. The zero-order valence-electron chi connectivity index (χ0n) is 12.6. The first-order chi connectivity index (χ1) is 9.11. The van der Waals surface area contributed by atoms with E-state index in [1.54, 1.807) is 0 Å². The number of unbranched alkanes of at least 4 members (excludes halogenated alkanes) is 1. The predicted molar refractivity (Wildman–Crippen MR) is 78.9 cm³/mol. The number of likely N-dealkylation sites (tertiary alicyclic amines) is 1. The number of rotatable bonds is 7. The van der Waals surface area contributed by atoms with E-state index in [-0.39, 0.29) is 5.54 Å². The van der Waals surface area contributed by atoms with Crippen LogP contribution in [-0.4, -0.2) is 36.1 Å². The molecule has 0 aromatic heterocycles. The van der Waals surface area contributed by atoms with Crippen molar-refractivity contribution in [3.8, 4) is 6.07 Å². The van der Waals surface area contributed by atoms with E-state index >= 15 is 0 Å². The van der Waals surface area contributed by atoms with Gasteiger partial charge in [0.05, 0.1) is 6.07 Å². The summed E-state index contributed by atoms with van der Waals surface area (Å²) in [6.45, 7) is 8.19. The molecule has 0 bridgehead atoms. The Morgan fingerprint density at radius 1 is 1.32 bits per heavy atom. The van der Waals surface area contributed by atoms with E-state index in [0.29, 0.717) is 6.04 Å². The molecule has 1 saturated carbocycles. The van der Waals surface area contributed by atoms with Gasteiger partial charge in [-0.15, -0.1) is 0 Å². The Morgan fingerprint density at radius 3 is 2.74 bits per heavy atom. The van der Waals surface area contributed by atoms with Gasteiger partial charge in [-0.1, -0.05) is 6.92 Å². The molecule has 1 saturated heterocycles. The molecule has 1 aliphatic heterocycles. The first-order valence-corrected chi connectivity index (χ1v) is 8.02. The highest BCUT2D eigenvalue weighted by Gasteiger charge is 2.31. The van der Waals surface area contributed by atoms with Gasteiger partial charge in [-0.2, -0.15) is 5.26 Å². The minimum Gasteiger partial charge on any atom is -0.303 e. The minimum absolute atomic E-state index is 0.295. The van der Waals surface area contributed by atoms with Gasteiger partial charge in [-0.05, 0) is 70.9 Å². The molecule has 2 unspecified atom stereocenters. The molecular weight excluding hydrogens is 234 g/mol. The second-order valence-corrected chi connectivity index (χ2v) is 6.87. The lowest BCUT2D eigenvalue weighted by atomic mass is 9.95. The van der Waals surface area contributed by atoms with E-state index < -0.39 is 0 Å². The molecule has 3 nitrogen and oxygen atoms in total. The molecule has 0 amide bonds. The molecule has 1 N–H and O–H groups in total. The number of piperidine rings is 1. The smallest absolute Gasteiger partial charge is 0.104 e. The molecule has 0 aromatic rings. The van der Waals surface area contributed by atoms with Crippen LogP contribution < -0.4 is 5.32 Å². The van der Waals surface area contributed by atoms with E-state index in [4.69, 9.17) is 0 Å². The maximum absolute atomic E-state index is 9.32. The summed E-state index contributed by atoms with van der Waals surface area (Å²) in [7, 11) is 0. The van der Waals surface area contributed by atoms with E-state index in [1.807, 2.05) is 0 Å². The van der Waals surface area contributed by atoms with Gasteiger partial charge in [-0.3, -0.25) is 5.32 Å². The highest BCUT2D eigenvalue weighted by molar-refractivity contribution is 5.06. The maximum atomic E-state index is 9.32. The van der Waals surface area contributed by atoms with Gasteiger partial charge in [0.2, 0.25) is 0 Å². The lowest BCUT2D eigenvalue weighted by Gasteiger charge is -2.31. The fourth-order valence-electron chi connectivity index (χ4n) is 3.14. The highest BCUT2D eigenvalue weighted by atomic mass is 15.1. The molecule has 0 aromatic carbocycles. The van der Waals surface area contributed by atoms with Crippen LogP contribution in [0.2, 0.25) is 0 Å². The van der Waals surface area contributed by atoms with Crippen LogP contribution in [0.4, 0.5) is 0 Å². The molecule has 19 heavy (non-hydrogen) atoms. The van der Waals surface area contributed by atoms with E-state index in [2.05, 4.69) is 30.1 Å². The zero-order chi connectivity index (χ0) is 13.7. The molecule has 108 valence electrons. The Hall–Kier alpha value is -0.590. The Bertz CT molecular complexity index is 318. The monoisotopic (exact) mass is 263 g/mol. The van der Waals surface area contributed by atoms with Gasteiger partial charge in [0.25, 0.3) is 0 Å². The average molecular weight is 263 g/mol. The number of nitrogens with zero attached hydrogens (tertiary/aromatic N) is 2. The third kappa shape index (κ3) is 5.12. The molecule has 2 fully saturated rings. The quantitative estimate of drug-likeness (QED) is 0.718. The second kappa shape index (κ2) is 6.72. The summed E-state index contributed by atoms with van der Waals surface area (Å²) in [5, 5.41) is 12.8. The van der Waals surface area contributed by atoms with Crippen molar-refractivity contribution in [2.45, 2.75) is 70.4 Å². The van der Waals surface area contributed by atoms with Crippen LogP contribution in [0.1, 0.15) is 58.8 Å². The fourth-order valence-corrected chi connectivity index (χ4v) is 3.14. The second-order valence-electron chi connectivity index (χ2n) is 6.87. The standard InChI is InChI=1S/C16H29N3/c1-14-6-5-11-19(12-14)10-4-3-9-16(2,13-17)18-15-7-8-15/h14-15,18H,3-12H2,1-2H3. The van der Waals surface area contributed by atoms with E-state index in [1.165, 1.54) is 51.7 Å². The van der Waals surface area contributed by atoms with Gasteiger partial charge in [0, 0.05) is 12.6 Å². The zero-order valence-corrected chi connectivity index (χ0v) is 12.6. The molecule has 2 aliphatic rings. The van der Waals surface area contributed by atoms with Gasteiger partial charge < -0.3 is 4.90 Å². The normalized spacial score (nSPS) is 27.7. The number of nitrogens with one attached hydrogen (secondary N) is 1. The first-order valence-electron chi connectivity index (χ1n) is 8.02. The van der Waals surface area contributed by atoms with Crippen LogP contribution in [0, 0.1) is 17.2 Å². The summed E-state index contributed by atoms with van der Waals surface area (Å²) in [6, 6.07) is 3.09. The lowest BCUT2D eigenvalue weighted by Crippen LogP contribution is -2.42. The Morgan fingerprint density at radius 2 is 2.11 bits per heavy atom. The number of hydrogen-bond donors (Lipinski definition) is 1. The van der Waals surface area contributed by atoms with Gasteiger partial charge >= 0.3 is 0 Å². The lowest BCUT2D eigenvalue weighted by molar-refractivity contribution is 0.179. The van der Waals surface area contributed by atoms with Crippen molar-refractivity contribution < 1.29 is 0 Å². The van der Waals surface area contributed by atoms with Crippen LogP contribution >= 0.6 is 0 Å². The SMILES string of the molecule is CC1CCCN(CCCCC(C)(C#N)NC2CC2)C1. The molecule has 2 rings (SSSR count). The van der Waals surface area contributed by atoms with Crippen molar-refractivity contribution in [1.29, 1.82) is 5.26 Å². The number of nitriles is 1. The number of hydrogen-bond acceptors (Lipinski definition) is 3. The largest absolute Gasteiger partial charge is 0.303 e. The van der Waals surface area contributed by atoms with Crippen LogP contribution in [0.15, 0.2) is 0 Å². The molecule has 0 radical (unpaired) electrons. The summed E-state index contributed by atoms with van der Waals surface area (Å²) in [6.07, 6.45) is 8.65. The Kier molecular flexibility index (Phi) is 5.24. The van der Waals surface area contributed by atoms with Crippen molar-refractivity contribution in [2.24, 2.45) is 5.92 Å². The topological polar surface area (TPSA) is 39.1 Å². The summed E-state index contributed by atoms with van der Waals surface area (Å²) >= 11 is 0. The average Bonchev–Trinajstić information content (AvgIpc) is 3.19. The van der Waals surface area contributed by atoms with Crippen LogP contribution in [-0.2, 0) is 0 Å². The van der Waals surface area contributed by atoms with Crippen molar-refractivity contribution in [3.63, 3.8) is 0 Å². The summed E-state index contributed by atoms with van der Waals surface area (Å²) in [5.41, 5.74) is -0.295. The molecule has 1 aliphatic carbocycles. The van der Waals surface area contributed by atoms with Crippen LogP contribution in [0.3, 0.4) is 0 Å². The first kappa shape index (κ1) is 14.8. The highest BCUT2D eigenvalue weighted by Crippen LogP contribution is 2.25. The van der Waals surface area contributed by atoms with Crippen molar-refractivity contribution >= 4 is 0 Å². The van der Waals surface area contributed by atoms with Crippen molar-refractivity contribution in [1.82, 2.24) is 10.2 Å². The molecular formula is C16H29N3. The van der Waals surface area contributed by atoms with Crippen LogP contribution in [0.25, 0.3) is 0 Å². The van der Waals surface area contributed by atoms with Gasteiger partial charge in [0.15, 0.2) is 0 Å². The maximum Gasteiger partial charge on any atom is 0.104 e. The third-order valence-corrected chi connectivity index (χ3v) is 4.49. The van der Waals surface area contributed by atoms with E-state index in [9.17, 15) is 5.26 Å². The fraction of sp³-hybridized carbons (Fsp3) is 0.938. The van der Waals surface area contributed by atoms with E-state index in [0.717, 1.165) is 18.8 Å². The summed E-state index contributed by atoms with van der Waals surface area (Å²) in [4.78, 5) is 2.60. The summed E-state index contributed by atoms with van der Waals surface area (Å²) < 4.78 is 0. The van der Waals surface area contributed by atoms with Crippen molar-refractivity contribution in [2.75, 3.05) is 19.6 Å². The predicted octanol–water partition coefficient (Wildman–Crippen LogP) is 2.92. The third-order valence-electron chi connectivity index (χ3n) is 4.49. The molecule has 3 heteroatoms.